The number of benzene rings is 1. The molecular formula is C17H17FN2O3. The molecule has 0 unspecified atom stereocenters. The fourth-order valence-corrected chi connectivity index (χ4v) is 2.50. The SMILES string of the molecule is CCOC(=O)C1=C(CC)OC(N)=C(C#N)[C@H]1c1ccc(F)cc1. The van der Waals surface area contributed by atoms with Gasteiger partial charge in [-0.1, -0.05) is 19.1 Å². The third-order valence-corrected chi connectivity index (χ3v) is 3.52. The fraction of sp³-hybridized carbons (Fsp3) is 0.294. The minimum Gasteiger partial charge on any atom is -0.463 e. The number of hydrogen-bond donors (Lipinski definition) is 1. The normalized spacial score (nSPS) is 17.6. The number of rotatable bonds is 4. The van der Waals surface area contributed by atoms with Crippen LogP contribution in [0.2, 0.25) is 0 Å². The lowest BCUT2D eigenvalue weighted by Gasteiger charge is -2.27. The van der Waals surface area contributed by atoms with Gasteiger partial charge in [0.1, 0.15) is 23.2 Å². The summed E-state index contributed by atoms with van der Waals surface area (Å²) in [7, 11) is 0. The van der Waals surface area contributed by atoms with E-state index in [9.17, 15) is 14.4 Å². The summed E-state index contributed by atoms with van der Waals surface area (Å²) < 4.78 is 23.7. The van der Waals surface area contributed by atoms with Gasteiger partial charge in [0, 0.05) is 6.42 Å². The molecule has 0 aromatic heterocycles. The van der Waals surface area contributed by atoms with E-state index in [-0.39, 0.29) is 23.6 Å². The fourth-order valence-electron chi connectivity index (χ4n) is 2.50. The third kappa shape index (κ3) is 3.19. The van der Waals surface area contributed by atoms with Crippen molar-refractivity contribution < 1.29 is 18.7 Å². The van der Waals surface area contributed by atoms with Crippen LogP contribution in [0.5, 0.6) is 0 Å². The molecule has 0 bridgehead atoms. The number of esters is 1. The minimum atomic E-state index is -0.733. The summed E-state index contributed by atoms with van der Waals surface area (Å²) in [5.74, 6) is -1.41. The van der Waals surface area contributed by atoms with Crippen LogP contribution in [-0.4, -0.2) is 12.6 Å². The molecule has 0 saturated heterocycles. The van der Waals surface area contributed by atoms with Crippen LogP contribution in [0.15, 0.2) is 47.1 Å². The lowest BCUT2D eigenvalue weighted by atomic mass is 9.82. The molecule has 2 N–H and O–H groups in total. The summed E-state index contributed by atoms with van der Waals surface area (Å²) in [6.07, 6.45) is 0.408. The zero-order valence-electron chi connectivity index (χ0n) is 12.9. The zero-order chi connectivity index (χ0) is 17.0. The first-order valence-corrected chi connectivity index (χ1v) is 7.26. The van der Waals surface area contributed by atoms with E-state index in [4.69, 9.17) is 15.2 Å². The molecule has 1 aliphatic heterocycles. The summed E-state index contributed by atoms with van der Waals surface area (Å²) in [5.41, 5.74) is 6.73. The Hall–Kier alpha value is -2.81. The summed E-state index contributed by atoms with van der Waals surface area (Å²) >= 11 is 0. The number of ether oxygens (including phenoxy) is 2. The topological polar surface area (TPSA) is 85.3 Å². The maximum Gasteiger partial charge on any atom is 0.338 e. The van der Waals surface area contributed by atoms with Gasteiger partial charge in [-0.2, -0.15) is 5.26 Å². The van der Waals surface area contributed by atoms with Crippen LogP contribution in [-0.2, 0) is 14.3 Å². The number of nitrogens with two attached hydrogens (primary N) is 1. The number of carbonyl (C=O) groups is 1. The smallest absolute Gasteiger partial charge is 0.338 e. The van der Waals surface area contributed by atoms with Gasteiger partial charge >= 0.3 is 5.97 Å². The summed E-state index contributed by atoms with van der Waals surface area (Å²) in [6, 6.07) is 7.55. The summed E-state index contributed by atoms with van der Waals surface area (Å²) in [4.78, 5) is 12.4. The number of nitriles is 1. The molecule has 5 nitrogen and oxygen atoms in total. The van der Waals surface area contributed by atoms with Crippen LogP contribution in [0.25, 0.3) is 0 Å². The Balaban J connectivity index is 2.63. The van der Waals surface area contributed by atoms with Crippen molar-refractivity contribution in [1.82, 2.24) is 0 Å². The summed E-state index contributed by atoms with van der Waals surface area (Å²) in [5, 5.41) is 9.42. The molecule has 1 aromatic carbocycles. The molecule has 1 heterocycles. The van der Waals surface area contributed by atoms with Gasteiger partial charge in [-0.25, -0.2) is 9.18 Å². The molecule has 0 amide bonds. The number of carbonyl (C=O) groups excluding carboxylic acids is 1. The third-order valence-electron chi connectivity index (χ3n) is 3.52. The molecule has 120 valence electrons. The van der Waals surface area contributed by atoms with Gasteiger partial charge < -0.3 is 15.2 Å². The predicted octanol–water partition coefficient (Wildman–Crippen LogP) is 2.86. The molecule has 0 radical (unpaired) electrons. The lowest BCUT2D eigenvalue weighted by molar-refractivity contribution is -0.139. The van der Waals surface area contributed by atoms with Crippen LogP contribution in [0.4, 0.5) is 4.39 Å². The number of hydrogen-bond acceptors (Lipinski definition) is 5. The van der Waals surface area contributed by atoms with Gasteiger partial charge in [0.2, 0.25) is 5.88 Å². The molecule has 1 aromatic rings. The highest BCUT2D eigenvalue weighted by Gasteiger charge is 2.36. The highest BCUT2D eigenvalue weighted by Crippen LogP contribution is 2.40. The van der Waals surface area contributed by atoms with Crippen LogP contribution in [0.1, 0.15) is 31.7 Å². The Morgan fingerprint density at radius 3 is 2.57 bits per heavy atom. The van der Waals surface area contributed by atoms with E-state index in [2.05, 4.69) is 0 Å². The van der Waals surface area contributed by atoms with E-state index in [1.807, 2.05) is 6.07 Å². The van der Waals surface area contributed by atoms with Crippen molar-refractivity contribution in [3.05, 3.63) is 58.4 Å². The molecule has 6 heteroatoms. The maximum absolute atomic E-state index is 13.2. The Morgan fingerprint density at radius 1 is 1.39 bits per heavy atom. The maximum atomic E-state index is 13.2. The van der Waals surface area contributed by atoms with Crippen molar-refractivity contribution in [2.24, 2.45) is 5.73 Å². The molecule has 1 aliphatic rings. The average molecular weight is 316 g/mol. The molecule has 0 spiro atoms. The van der Waals surface area contributed by atoms with Crippen molar-refractivity contribution in [2.45, 2.75) is 26.2 Å². The Kier molecular flexibility index (Phi) is 5.02. The monoisotopic (exact) mass is 316 g/mol. The van der Waals surface area contributed by atoms with Gasteiger partial charge in [0.25, 0.3) is 0 Å². The first-order chi connectivity index (χ1) is 11.0. The van der Waals surface area contributed by atoms with E-state index in [1.54, 1.807) is 13.8 Å². The molecule has 23 heavy (non-hydrogen) atoms. The molecule has 1 atom stereocenters. The van der Waals surface area contributed by atoms with Crippen LogP contribution >= 0.6 is 0 Å². The van der Waals surface area contributed by atoms with Gasteiger partial charge in [-0.15, -0.1) is 0 Å². The largest absolute Gasteiger partial charge is 0.463 e. The average Bonchev–Trinajstić information content (AvgIpc) is 2.54. The highest BCUT2D eigenvalue weighted by atomic mass is 19.1. The second-order valence-electron chi connectivity index (χ2n) is 4.89. The number of nitrogens with zero attached hydrogens (tertiary/aromatic N) is 1. The van der Waals surface area contributed by atoms with Gasteiger partial charge in [-0.3, -0.25) is 0 Å². The number of allylic oxidation sites excluding steroid dienone is 2. The van der Waals surface area contributed by atoms with Crippen molar-refractivity contribution >= 4 is 5.97 Å². The number of halogens is 1. The van der Waals surface area contributed by atoms with Crippen molar-refractivity contribution in [3.8, 4) is 6.07 Å². The van der Waals surface area contributed by atoms with E-state index < -0.39 is 17.7 Å². The Labute approximate surface area is 133 Å². The van der Waals surface area contributed by atoms with Gasteiger partial charge in [0.15, 0.2) is 0 Å². The van der Waals surface area contributed by atoms with E-state index in [0.717, 1.165) is 0 Å². The molecule has 0 fully saturated rings. The van der Waals surface area contributed by atoms with E-state index >= 15 is 0 Å². The molecule has 0 saturated carbocycles. The Bertz CT molecular complexity index is 714. The quantitative estimate of drug-likeness (QED) is 0.863. The second-order valence-corrected chi connectivity index (χ2v) is 4.89. The van der Waals surface area contributed by atoms with E-state index in [0.29, 0.717) is 17.7 Å². The second kappa shape index (κ2) is 6.97. The van der Waals surface area contributed by atoms with E-state index in [1.165, 1.54) is 24.3 Å². The molecule has 2 rings (SSSR count). The van der Waals surface area contributed by atoms with Crippen molar-refractivity contribution in [1.29, 1.82) is 5.26 Å². The van der Waals surface area contributed by atoms with Crippen molar-refractivity contribution in [2.75, 3.05) is 6.61 Å². The van der Waals surface area contributed by atoms with Gasteiger partial charge in [0.05, 0.1) is 18.1 Å². The Morgan fingerprint density at radius 2 is 2.04 bits per heavy atom. The lowest BCUT2D eigenvalue weighted by Crippen LogP contribution is -2.26. The standard InChI is InChI=1S/C17H17FN2O3/c1-3-13-15(17(21)22-4-2)14(12(9-19)16(20)23-13)10-5-7-11(18)8-6-10/h5-8,14H,3-4,20H2,1-2H3/t14-/m1/s1. The van der Waals surface area contributed by atoms with Crippen LogP contribution in [0.3, 0.4) is 0 Å². The summed E-state index contributed by atoms with van der Waals surface area (Å²) in [6.45, 7) is 3.69. The first kappa shape index (κ1) is 16.6. The van der Waals surface area contributed by atoms with Crippen molar-refractivity contribution in [3.63, 3.8) is 0 Å². The predicted molar refractivity (Wildman–Crippen MR) is 81.0 cm³/mol. The van der Waals surface area contributed by atoms with Crippen LogP contribution < -0.4 is 5.73 Å². The minimum absolute atomic E-state index is 0.0493. The highest BCUT2D eigenvalue weighted by molar-refractivity contribution is 5.92. The zero-order valence-corrected chi connectivity index (χ0v) is 12.9. The first-order valence-electron chi connectivity index (χ1n) is 7.26. The molecule has 0 aliphatic carbocycles. The molecular weight excluding hydrogens is 299 g/mol. The van der Waals surface area contributed by atoms with Gasteiger partial charge in [-0.05, 0) is 24.6 Å². The van der Waals surface area contributed by atoms with Crippen LogP contribution in [0, 0.1) is 17.1 Å².